The van der Waals surface area contributed by atoms with Gasteiger partial charge < -0.3 is 15.1 Å². The molecular weight excluding hydrogens is 338 g/mol. The van der Waals surface area contributed by atoms with Crippen LogP contribution >= 0.6 is 0 Å². The average Bonchev–Trinajstić information content (AvgIpc) is 3.52. The van der Waals surface area contributed by atoms with E-state index in [1.54, 1.807) is 0 Å². The van der Waals surface area contributed by atoms with Gasteiger partial charge >= 0.3 is 6.03 Å². The summed E-state index contributed by atoms with van der Waals surface area (Å²) in [5.74, 6) is 1.04. The number of nitrogens with zero attached hydrogens (tertiary/aromatic N) is 2. The number of hydrogen-bond donors (Lipinski definition) is 1. The number of amides is 3. The topological polar surface area (TPSA) is 52.7 Å². The minimum atomic E-state index is -0.0661. The third-order valence-electron chi connectivity index (χ3n) is 5.62. The normalized spacial score (nSPS) is 17.5. The van der Waals surface area contributed by atoms with E-state index in [1.165, 1.54) is 31.2 Å². The molecule has 5 nitrogen and oxygen atoms in total. The Kier molecular flexibility index (Phi) is 7.13. The number of nitrogens with one attached hydrogen (secondary N) is 1. The van der Waals surface area contributed by atoms with E-state index in [9.17, 15) is 9.59 Å². The highest BCUT2D eigenvalue weighted by Crippen LogP contribution is 2.33. The molecule has 2 fully saturated rings. The van der Waals surface area contributed by atoms with E-state index in [-0.39, 0.29) is 11.9 Å². The van der Waals surface area contributed by atoms with E-state index in [0.717, 1.165) is 37.4 Å². The van der Waals surface area contributed by atoms with Gasteiger partial charge in [-0.05, 0) is 49.3 Å². The molecule has 1 heterocycles. The van der Waals surface area contributed by atoms with E-state index in [1.807, 2.05) is 21.9 Å². The van der Waals surface area contributed by atoms with E-state index >= 15 is 0 Å². The van der Waals surface area contributed by atoms with Crippen LogP contribution in [-0.4, -0.2) is 47.9 Å². The van der Waals surface area contributed by atoms with Crippen molar-refractivity contribution in [2.75, 3.05) is 31.5 Å². The maximum Gasteiger partial charge on any atom is 0.321 e. The average molecular weight is 372 g/mol. The molecule has 1 aromatic carbocycles. The summed E-state index contributed by atoms with van der Waals surface area (Å²) in [6.07, 6.45) is 8.60. The highest BCUT2D eigenvalue weighted by Gasteiger charge is 2.25. The number of urea groups is 1. The molecule has 0 unspecified atom stereocenters. The first-order chi connectivity index (χ1) is 13.2. The van der Waals surface area contributed by atoms with Crippen LogP contribution in [0.2, 0.25) is 0 Å². The van der Waals surface area contributed by atoms with Gasteiger partial charge in [0.05, 0.1) is 0 Å². The first-order valence-corrected chi connectivity index (χ1v) is 10.6. The lowest BCUT2D eigenvalue weighted by Crippen LogP contribution is -2.39. The molecule has 3 rings (SSSR count). The van der Waals surface area contributed by atoms with E-state index in [0.29, 0.717) is 26.1 Å². The predicted molar refractivity (Wildman–Crippen MR) is 109 cm³/mol. The third-order valence-corrected chi connectivity index (χ3v) is 5.62. The standard InChI is InChI=1S/C22H33N3O2/c1-2-3-5-18-8-11-20(12-9-18)23-22(27)25-15-4-14-24(16-17-25)21(26)13-10-19-6-7-19/h8-9,11-12,19H,2-7,10,13-17H2,1H3,(H,23,27). The molecule has 1 aromatic rings. The highest BCUT2D eigenvalue weighted by molar-refractivity contribution is 5.89. The molecule has 2 aliphatic rings. The number of benzene rings is 1. The minimum absolute atomic E-state index is 0.0661. The molecule has 27 heavy (non-hydrogen) atoms. The number of carbonyl (C=O) groups is 2. The third kappa shape index (κ3) is 6.26. The van der Waals surface area contributed by atoms with Crippen LogP contribution in [0.4, 0.5) is 10.5 Å². The Bertz CT molecular complexity index is 625. The summed E-state index contributed by atoms with van der Waals surface area (Å²) in [5, 5.41) is 3.00. The van der Waals surface area contributed by atoms with Crippen LogP contribution in [0, 0.1) is 5.92 Å². The quantitative estimate of drug-likeness (QED) is 0.777. The van der Waals surface area contributed by atoms with Crippen LogP contribution in [0.3, 0.4) is 0 Å². The van der Waals surface area contributed by atoms with Crippen molar-refractivity contribution in [2.45, 2.75) is 58.3 Å². The zero-order valence-corrected chi connectivity index (χ0v) is 16.6. The SMILES string of the molecule is CCCCc1ccc(NC(=O)N2CCCN(C(=O)CCC3CC3)CC2)cc1. The van der Waals surface area contributed by atoms with Gasteiger partial charge in [0.1, 0.15) is 0 Å². The number of hydrogen-bond acceptors (Lipinski definition) is 2. The second-order valence-corrected chi connectivity index (χ2v) is 7.93. The maximum absolute atomic E-state index is 12.6. The highest BCUT2D eigenvalue weighted by atomic mass is 16.2. The van der Waals surface area contributed by atoms with Crippen LogP contribution in [0.15, 0.2) is 24.3 Å². The molecule has 3 amide bonds. The lowest BCUT2D eigenvalue weighted by Gasteiger charge is -2.22. The Morgan fingerprint density at radius 3 is 2.44 bits per heavy atom. The summed E-state index contributed by atoms with van der Waals surface area (Å²) in [5.41, 5.74) is 2.15. The van der Waals surface area contributed by atoms with Crippen molar-refractivity contribution in [1.29, 1.82) is 0 Å². The van der Waals surface area contributed by atoms with Gasteiger partial charge in [-0.15, -0.1) is 0 Å². The van der Waals surface area contributed by atoms with E-state index in [4.69, 9.17) is 0 Å². The summed E-state index contributed by atoms with van der Waals surface area (Å²) in [4.78, 5) is 28.7. The smallest absolute Gasteiger partial charge is 0.321 e. The minimum Gasteiger partial charge on any atom is -0.341 e. The fourth-order valence-electron chi connectivity index (χ4n) is 3.60. The van der Waals surface area contributed by atoms with Gasteiger partial charge in [-0.25, -0.2) is 4.79 Å². The Hall–Kier alpha value is -2.04. The molecule has 1 aliphatic heterocycles. The van der Waals surface area contributed by atoms with Crippen LogP contribution in [0.5, 0.6) is 0 Å². The lowest BCUT2D eigenvalue weighted by atomic mass is 10.1. The molecule has 5 heteroatoms. The summed E-state index contributed by atoms with van der Waals surface area (Å²) in [7, 11) is 0. The van der Waals surface area contributed by atoms with Crippen molar-refractivity contribution in [2.24, 2.45) is 5.92 Å². The molecule has 0 bridgehead atoms. The fourth-order valence-corrected chi connectivity index (χ4v) is 3.60. The van der Waals surface area contributed by atoms with Gasteiger partial charge in [0, 0.05) is 38.3 Å². The first-order valence-electron chi connectivity index (χ1n) is 10.6. The van der Waals surface area contributed by atoms with Crippen molar-refractivity contribution in [3.63, 3.8) is 0 Å². The molecule has 1 saturated heterocycles. The van der Waals surface area contributed by atoms with E-state index in [2.05, 4.69) is 24.4 Å². The molecule has 1 N–H and O–H groups in total. The Labute approximate surface area is 163 Å². The summed E-state index contributed by atoms with van der Waals surface area (Å²) >= 11 is 0. The van der Waals surface area contributed by atoms with Gasteiger partial charge in [-0.1, -0.05) is 38.3 Å². The van der Waals surface area contributed by atoms with E-state index < -0.39 is 0 Å². The van der Waals surface area contributed by atoms with Crippen LogP contribution in [0.1, 0.15) is 57.4 Å². The molecular formula is C22H33N3O2. The van der Waals surface area contributed by atoms with Gasteiger partial charge in [0.25, 0.3) is 0 Å². The zero-order chi connectivity index (χ0) is 19.1. The van der Waals surface area contributed by atoms with Crippen molar-refractivity contribution >= 4 is 17.6 Å². The van der Waals surface area contributed by atoms with Crippen LogP contribution in [-0.2, 0) is 11.2 Å². The molecule has 1 saturated carbocycles. The molecule has 0 aromatic heterocycles. The van der Waals surface area contributed by atoms with Crippen molar-refractivity contribution in [3.8, 4) is 0 Å². The second kappa shape index (κ2) is 9.77. The summed E-state index contributed by atoms with van der Waals surface area (Å²) < 4.78 is 0. The lowest BCUT2D eigenvalue weighted by molar-refractivity contribution is -0.131. The zero-order valence-electron chi connectivity index (χ0n) is 16.6. The number of aryl methyl sites for hydroxylation is 1. The largest absolute Gasteiger partial charge is 0.341 e. The Balaban J connectivity index is 1.45. The first kappa shape index (κ1) is 19.7. The van der Waals surface area contributed by atoms with Gasteiger partial charge in [0.2, 0.25) is 5.91 Å². The van der Waals surface area contributed by atoms with Gasteiger partial charge in [0.15, 0.2) is 0 Å². The maximum atomic E-state index is 12.6. The van der Waals surface area contributed by atoms with Crippen LogP contribution in [0.25, 0.3) is 0 Å². The number of rotatable bonds is 7. The second-order valence-electron chi connectivity index (χ2n) is 7.93. The Morgan fingerprint density at radius 1 is 1.04 bits per heavy atom. The summed E-state index contributed by atoms with van der Waals surface area (Å²) in [6.45, 7) is 4.91. The van der Waals surface area contributed by atoms with Crippen molar-refractivity contribution in [3.05, 3.63) is 29.8 Å². The molecule has 0 spiro atoms. The van der Waals surface area contributed by atoms with Crippen molar-refractivity contribution in [1.82, 2.24) is 9.80 Å². The predicted octanol–water partition coefficient (Wildman–Crippen LogP) is 4.29. The monoisotopic (exact) mass is 371 g/mol. The number of carbonyl (C=O) groups excluding carboxylic acids is 2. The summed E-state index contributed by atoms with van der Waals surface area (Å²) in [6, 6.07) is 8.08. The van der Waals surface area contributed by atoms with Crippen molar-refractivity contribution < 1.29 is 9.59 Å². The number of anilines is 1. The molecule has 148 valence electrons. The molecule has 1 aliphatic carbocycles. The Morgan fingerprint density at radius 2 is 1.74 bits per heavy atom. The number of unbranched alkanes of at least 4 members (excludes halogenated alkanes) is 1. The van der Waals surface area contributed by atoms with Gasteiger partial charge in [-0.3, -0.25) is 4.79 Å². The molecule has 0 atom stereocenters. The van der Waals surface area contributed by atoms with Gasteiger partial charge in [-0.2, -0.15) is 0 Å². The fraction of sp³-hybridized carbons (Fsp3) is 0.636. The molecule has 0 radical (unpaired) electrons. The van der Waals surface area contributed by atoms with Crippen LogP contribution < -0.4 is 5.32 Å².